The van der Waals surface area contributed by atoms with Gasteiger partial charge < -0.3 is 10.7 Å². The van der Waals surface area contributed by atoms with Crippen LogP contribution < -0.4 is 5.73 Å². The Morgan fingerprint density at radius 3 is 3.00 bits per heavy atom. The lowest BCUT2D eigenvalue weighted by Gasteiger charge is -2.10. The minimum atomic E-state index is -0.411. The first kappa shape index (κ1) is 11.1. The third kappa shape index (κ3) is 2.23. The van der Waals surface area contributed by atoms with Crippen molar-refractivity contribution < 1.29 is 4.39 Å². The zero-order chi connectivity index (χ0) is 11.5. The van der Waals surface area contributed by atoms with E-state index in [9.17, 15) is 4.39 Å². The summed E-state index contributed by atoms with van der Waals surface area (Å²) in [4.78, 5) is 6.93. The van der Waals surface area contributed by atoms with E-state index in [4.69, 9.17) is 17.3 Å². The van der Waals surface area contributed by atoms with E-state index in [1.54, 1.807) is 24.5 Å². The van der Waals surface area contributed by atoms with E-state index >= 15 is 0 Å². The van der Waals surface area contributed by atoms with E-state index in [1.165, 1.54) is 6.07 Å². The van der Waals surface area contributed by atoms with Crippen molar-refractivity contribution in [2.24, 2.45) is 5.73 Å². The van der Waals surface area contributed by atoms with Gasteiger partial charge in [0.05, 0.1) is 11.1 Å². The number of halogens is 2. The standard InChI is InChI=1S/C11H11ClFN3/c12-8-3-1-2-7(10(8)13)6-9(14)11-15-4-5-16-11/h1-5,9H,6,14H2,(H,15,16). The van der Waals surface area contributed by atoms with Crippen LogP contribution in [0, 0.1) is 5.82 Å². The fourth-order valence-electron chi connectivity index (χ4n) is 1.52. The molecule has 3 N–H and O–H groups in total. The topological polar surface area (TPSA) is 54.7 Å². The molecule has 1 heterocycles. The summed E-state index contributed by atoms with van der Waals surface area (Å²) in [5.41, 5.74) is 6.38. The van der Waals surface area contributed by atoms with Crippen molar-refractivity contribution in [3.63, 3.8) is 0 Å². The van der Waals surface area contributed by atoms with Crippen LogP contribution in [0.25, 0.3) is 0 Å². The van der Waals surface area contributed by atoms with Gasteiger partial charge in [-0.25, -0.2) is 9.37 Å². The molecule has 2 aromatic rings. The van der Waals surface area contributed by atoms with Crippen LogP contribution in [0.4, 0.5) is 4.39 Å². The summed E-state index contributed by atoms with van der Waals surface area (Å²) in [6, 6.07) is 4.53. The van der Waals surface area contributed by atoms with Crippen LogP contribution in [0.2, 0.25) is 5.02 Å². The molecule has 3 nitrogen and oxygen atoms in total. The molecule has 0 aliphatic rings. The minimum Gasteiger partial charge on any atom is -0.347 e. The molecule has 2 rings (SSSR count). The number of benzene rings is 1. The molecule has 1 aromatic heterocycles. The van der Waals surface area contributed by atoms with Gasteiger partial charge in [0.25, 0.3) is 0 Å². The quantitative estimate of drug-likeness (QED) is 0.865. The third-order valence-electron chi connectivity index (χ3n) is 2.34. The van der Waals surface area contributed by atoms with E-state index in [2.05, 4.69) is 9.97 Å². The van der Waals surface area contributed by atoms with Crippen LogP contribution >= 0.6 is 11.6 Å². The van der Waals surface area contributed by atoms with Crippen LogP contribution in [0.15, 0.2) is 30.6 Å². The molecule has 0 saturated heterocycles. The van der Waals surface area contributed by atoms with Crippen molar-refractivity contribution in [3.05, 3.63) is 52.8 Å². The van der Waals surface area contributed by atoms with E-state index in [1.807, 2.05) is 0 Å². The highest BCUT2D eigenvalue weighted by molar-refractivity contribution is 6.30. The molecule has 0 bridgehead atoms. The molecular weight excluding hydrogens is 229 g/mol. The summed E-state index contributed by atoms with van der Waals surface area (Å²) in [5, 5.41) is 0.115. The highest BCUT2D eigenvalue weighted by Crippen LogP contribution is 2.21. The van der Waals surface area contributed by atoms with Crippen molar-refractivity contribution in [1.29, 1.82) is 0 Å². The SMILES string of the molecule is NC(Cc1cccc(Cl)c1F)c1ncc[nH]1. The van der Waals surface area contributed by atoms with Crippen LogP contribution in [0.3, 0.4) is 0 Å². The smallest absolute Gasteiger partial charge is 0.145 e. The fraction of sp³-hybridized carbons (Fsp3) is 0.182. The molecule has 0 aliphatic carbocycles. The fourth-order valence-corrected chi connectivity index (χ4v) is 1.71. The molecule has 1 aromatic carbocycles. The van der Waals surface area contributed by atoms with Crippen LogP contribution in [-0.2, 0) is 6.42 Å². The molecule has 0 saturated carbocycles. The Bertz CT molecular complexity index is 470. The number of hydrogen-bond acceptors (Lipinski definition) is 2. The van der Waals surface area contributed by atoms with Gasteiger partial charge in [0, 0.05) is 12.4 Å². The molecule has 0 fully saturated rings. The number of nitrogens with zero attached hydrogens (tertiary/aromatic N) is 1. The minimum absolute atomic E-state index is 0.115. The predicted octanol–water partition coefficient (Wildman–Crippen LogP) is 2.44. The molecule has 1 atom stereocenters. The number of nitrogens with one attached hydrogen (secondary N) is 1. The molecule has 0 aliphatic heterocycles. The normalized spacial score (nSPS) is 12.7. The maximum Gasteiger partial charge on any atom is 0.145 e. The molecule has 0 radical (unpaired) electrons. The number of hydrogen-bond donors (Lipinski definition) is 2. The maximum atomic E-state index is 13.6. The Hall–Kier alpha value is -1.39. The average Bonchev–Trinajstić information content (AvgIpc) is 2.78. The highest BCUT2D eigenvalue weighted by atomic mass is 35.5. The van der Waals surface area contributed by atoms with Gasteiger partial charge in [0.15, 0.2) is 0 Å². The van der Waals surface area contributed by atoms with Gasteiger partial charge in [0.1, 0.15) is 11.6 Å². The summed E-state index contributed by atoms with van der Waals surface area (Å²) >= 11 is 5.68. The first-order valence-electron chi connectivity index (χ1n) is 4.86. The Kier molecular flexibility index (Phi) is 3.22. The molecule has 1 unspecified atom stereocenters. The van der Waals surface area contributed by atoms with Gasteiger partial charge in [-0.1, -0.05) is 23.7 Å². The summed E-state index contributed by atoms with van der Waals surface area (Å²) in [6.45, 7) is 0. The Morgan fingerprint density at radius 2 is 2.31 bits per heavy atom. The number of aromatic amines is 1. The lowest BCUT2D eigenvalue weighted by atomic mass is 10.1. The maximum absolute atomic E-state index is 13.6. The average molecular weight is 240 g/mol. The number of nitrogens with two attached hydrogens (primary N) is 1. The van der Waals surface area contributed by atoms with Gasteiger partial charge >= 0.3 is 0 Å². The van der Waals surface area contributed by atoms with Crippen LogP contribution in [0.1, 0.15) is 17.4 Å². The molecule has 5 heteroatoms. The van der Waals surface area contributed by atoms with Crippen LogP contribution in [0.5, 0.6) is 0 Å². The van der Waals surface area contributed by atoms with Gasteiger partial charge in [0.2, 0.25) is 0 Å². The Balaban J connectivity index is 2.18. The van der Waals surface area contributed by atoms with E-state index < -0.39 is 5.82 Å². The van der Waals surface area contributed by atoms with Crippen molar-refractivity contribution >= 4 is 11.6 Å². The second-order valence-corrected chi connectivity index (χ2v) is 3.91. The van der Waals surface area contributed by atoms with Gasteiger partial charge in [-0.15, -0.1) is 0 Å². The summed E-state index contributed by atoms with van der Waals surface area (Å²) in [5.74, 6) is 0.227. The van der Waals surface area contributed by atoms with Crippen molar-refractivity contribution in [1.82, 2.24) is 9.97 Å². The number of aromatic nitrogens is 2. The van der Waals surface area contributed by atoms with Crippen LogP contribution in [-0.4, -0.2) is 9.97 Å². The molecular formula is C11H11ClFN3. The number of imidazole rings is 1. The second-order valence-electron chi connectivity index (χ2n) is 3.50. The van der Waals surface area contributed by atoms with Crippen molar-refractivity contribution in [3.8, 4) is 0 Å². The first-order chi connectivity index (χ1) is 7.68. The molecule has 0 amide bonds. The third-order valence-corrected chi connectivity index (χ3v) is 2.63. The summed E-state index contributed by atoms with van der Waals surface area (Å²) in [7, 11) is 0. The Morgan fingerprint density at radius 1 is 1.50 bits per heavy atom. The predicted molar refractivity (Wildman–Crippen MR) is 60.6 cm³/mol. The monoisotopic (exact) mass is 239 g/mol. The number of rotatable bonds is 3. The largest absolute Gasteiger partial charge is 0.347 e. The van der Waals surface area contributed by atoms with E-state index in [-0.39, 0.29) is 11.1 Å². The second kappa shape index (κ2) is 4.63. The highest BCUT2D eigenvalue weighted by Gasteiger charge is 2.13. The van der Waals surface area contributed by atoms with Gasteiger partial charge in [-0.3, -0.25) is 0 Å². The van der Waals surface area contributed by atoms with E-state index in [0.29, 0.717) is 17.8 Å². The first-order valence-corrected chi connectivity index (χ1v) is 5.24. The van der Waals surface area contributed by atoms with Crippen molar-refractivity contribution in [2.75, 3.05) is 0 Å². The summed E-state index contributed by atoms with van der Waals surface area (Å²) in [6.07, 6.45) is 3.66. The molecule has 84 valence electrons. The summed E-state index contributed by atoms with van der Waals surface area (Å²) < 4.78 is 13.6. The Labute approximate surface area is 97.5 Å². The lowest BCUT2D eigenvalue weighted by Crippen LogP contribution is -2.15. The van der Waals surface area contributed by atoms with Gasteiger partial charge in [-0.05, 0) is 18.1 Å². The van der Waals surface area contributed by atoms with Crippen molar-refractivity contribution in [2.45, 2.75) is 12.5 Å². The zero-order valence-corrected chi connectivity index (χ0v) is 9.21. The van der Waals surface area contributed by atoms with E-state index in [0.717, 1.165) is 0 Å². The zero-order valence-electron chi connectivity index (χ0n) is 8.45. The number of H-pyrrole nitrogens is 1. The lowest BCUT2D eigenvalue weighted by molar-refractivity contribution is 0.587. The van der Waals surface area contributed by atoms with Gasteiger partial charge in [-0.2, -0.15) is 0 Å². The molecule has 0 spiro atoms. The molecule has 16 heavy (non-hydrogen) atoms.